The van der Waals surface area contributed by atoms with Gasteiger partial charge in [-0.15, -0.1) is 0 Å². The molecular weight excluding hydrogens is 272 g/mol. The number of thiazole rings is 1. The van der Waals surface area contributed by atoms with Crippen molar-refractivity contribution in [3.8, 4) is 0 Å². The topological polar surface area (TPSA) is 82.2 Å². The van der Waals surface area contributed by atoms with E-state index < -0.39 is 0 Å². The Morgan fingerprint density at radius 1 is 1.40 bits per heavy atom. The Hall–Kier alpha value is -2.47. The number of amides is 1. The molecule has 0 radical (unpaired) electrons. The molecule has 5 nitrogen and oxygen atoms in total. The second-order valence-electron chi connectivity index (χ2n) is 4.42. The molecule has 0 aliphatic carbocycles. The van der Waals surface area contributed by atoms with Crippen LogP contribution in [0.3, 0.4) is 0 Å². The summed E-state index contributed by atoms with van der Waals surface area (Å²) < 4.78 is 0.906. The Labute approximate surface area is 119 Å². The molecular formula is C14H13N4OS+. The van der Waals surface area contributed by atoms with Gasteiger partial charge in [0.1, 0.15) is 0 Å². The van der Waals surface area contributed by atoms with E-state index in [0.717, 1.165) is 15.8 Å². The number of hydrogen-bond acceptors (Lipinski definition) is 4. The van der Waals surface area contributed by atoms with Crippen molar-refractivity contribution < 1.29 is 9.78 Å². The maximum atomic E-state index is 12.2. The van der Waals surface area contributed by atoms with Gasteiger partial charge in [-0.2, -0.15) is 0 Å². The monoisotopic (exact) mass is 285 g/mol. The number of aromatic nitrogens is 2. The molecule has 0 saturated heterocycles. The van der Waals surface area contributed by atoms with Crippen LogP contribution in [-0.2, 0) is 0 Å². The van der Waals surface area contributed by atoms with Crippen molar-refractivity contribution in [2.24, 2.45) is 0 Å². The largest absolute Gasteiger partial charge is 0.375 e. The quantitative estimate of drug-likeness (QED) is 0.757. The van der Waals surface area contributed by atoms with E-state index in [4.69, 9.17) is 5.73 Å². The minimum absolute atomic E-state index is 0.163. The average molecular weight is 285 g/mol. The third-order valence-electron chi connectivity index (χ3n) is 2.97. The number of aryl methyl sites for hydroxylation is 1. The van der Waals surface area contributed by atoms with Crippen LogP contribution in [0.2, 0.25) is 0 Å². The van der Waals surface area contributed by atoms with Gasteiger partial charge >= 0.3 is 5.91 Å². The molecule has 0 fully saturated rings. The molecule has 0 aliphatic rings. The van der Waals surface area contributed by atoms with Gasteiger partial charge in [0.05, 0.1) is 22.0 Å². The van der Waals surface area contributed by atoms with E-state index in [1.807, 2.05) is 19.1 Å². The van der Waals surface area contributed by atoms with Crippen molar-refractivity contribution in [1.82, 2.24) is 4.98 Å². The Bertz CT molecular complexity index is 797. The first-order valence-corrected chi connectivity index (χ1v) is 6.90. The molecule has 0 aliphatic heterocycles. The highest BCUT2D eigenvalue weighted by molar-refractivity contribution is 7.22. The number of fused-ring (bicyclic) bond motifs is 1. The van der Waals surface area contributed by atoms with Gasteiger partial charge in [0.25, 0.3) is 5.82 Å². The van der Waals surface area contributed by atoms with Crippen molar-refractivity contribution in [3.63, 3.8) is 0 Å². The number of nitrogens with zero attached hydrogens (tertiary/aromatic N) is 1. The van der Waals surface area contributed by atoms with E-state index in [1.165, 1.54) is 11.3 Å². The summed E-state index contributed by atoms with van der Waals surface area (Å²) in [4.78, 5) is 19.4. The van der Waals surface area contributed by atoms with Crippen molar-refractivity contribution in [1.29, 1.82) is 0 Å². The number of nitrogens with two attached hydrogens (primary N) is 1. The minimum Gasteiger partial charge on any atom is -0.375 e. The van der Waals surface area contributed by atoms with Crippen LogP contribution in [0.5, 0.6) is 0 Å². The maximum Gasteiger partial charge on any atom is 0.339 e. The van der Waals surface area contributed by atoms with Gasteiger partial charge < -0.3 is 5.73 Å². The van der Waals surface area contributed by atoms with Crippen molar-refractivity contribution in [3.05, 3.63) is 47.7 Å². The van der Waals surface area contributed by atoms with Gasteiger partial charge in [-0.3, -0.25) is 0 Å². The predicted molar refractivity (Wildman–Crippen MR) is 79.7 cm³/mol. The fraction of sp³-hybridized carbons (Fsp3) is 0.0714. The van der Waals surface area contributed by atoms with E-state index >= 15 is 0 Å². The fourth-order valence-corrected chi connectivity index (χ4v) is 2.70. The molecule has 2 aromatic heterocycles. The summed E-state index contributed by atoms with van der Waals surface area (Å²) in [5.41, 5.74) is 8.03. The molecule has 3 aromatic rings. The smallest absolute Gasteiger partial charge is 0.339 e. The van der Waals surface area contributed by atoms with Crippen LogP contribution in [0, 0.1) is 6.92 Å². The van der Waals surface area contributed by atoms with E-state index in [1.54, 1.807) is 24.4 Å². The first-order valence-electron chi connectivity index (χ1n) is 6.08. The van der Waals surface area contributed by atoms with Crippen LogP contribution < -0.4 is 16.0 Å². The number of anilines is 2. The SMILES string of the molecule is Cc1ccc[nH+]c1NC(=O)c1ccc2nc(N)sc2c1. The molecule has 4 N–H and O–H groups in total. The Morgan fingerprint density at radius 2 is 2.25 bits per heavy atom. The molecule has 1 amide bonds. The Morgan fingerprint density at radius 3 is 3.05 bits per heavy atom. The van der Waals surface area contributed by atoms with E-state index in [9.17, 15) is 4.79 Å². The molecule has 0 unspecified atom stereocenters. The van der Waals surface area contributed by atoms with Gasteiger partial charge in [0, 0.05) is 5.56 Å². The highest BCUT2D eigenvalue weighted by Crippen LogP contribution is 2.24. The maximum absolute atomic E-state index is 12.2. The van der Waals surface area contributed by atoms with Crippen LogP contribution in [-0.4, -0.2) is 10.9 Å². The van der Waals surface area contributed by atoms with E-state index in [2.05, 4.69) is 15.3 Å². The standard InChI is InChI=1S/C14H12N4OS/c1-8-3-2-6-16-12(8)18-13(19)9-4-5-10-11(7-9)20-14(15)17-10/h2-7H,1H3,(H2,15,17)(H,16,18,19)/p+1. The lowest BCUT2D eigenvalue weighted by Crippen LogP contribution is -2.20. The van der Waals surface area contributed by atoms with Gasteiger partial charge in [-0.05, 0) is 37.3 Å². The first-order chi connectivity index (χ1) is 9.63. The van der Waals surface area contributed by atoms with Crippen molar-refractivity contribution >= 4 is 38.4 Å². The van der Waals surface area contributed by atoms with Crippen LogP contribution >= 0.6 is 11.3 Å². The highest BCUT2D eigenvalue weighted by atomic mass is 32.1. The molecule has 0 spiro atoms. The van der Waals surface area contributed by atoms with Gasteiger partial charge in [0.2, 0.25) is 0 Å². The normalized spacial score (nSPS) is 10.7. The summed E-state index contributed by atoms with van der Waals surface area (Å²) in [6.07, 6.45) is 1.77. The predicted octanol–water partition coefficient (Wildman–Crippen LogP) is 2.25. The fourth-order valence-electron chi connectivity index (χ4n) is 1.93. The molecule has 20 heavy (non-hydrogen) atoms. The lowest BCUT2D eigenvalue weighted by atomic mass is 10.2. The molecule has 3 rings (SSSR count). The van der Waals surface area contributed by atoms with Crippen molar-refractivity contribution in [2.75, 3.05) is 11.1 Å². The number of carbonyl (C=O) groups is 1. The molecule has 0 atom stereocenters. The highest BCUT2D eigenvalue weighted by Gasteiger charge is 2.15. The first kappa shape index (κ1) is 12.6. The summed E-state index contributed by atoms with van der Waals surface area (Å²) in [7, 11) is 0. The number of hydrogen-bond donors (Lipinski definition) is 2. The van der Waals surface area contributed by atoms with Gasteiger partial charge in [0.15, 0.2) is 5.13 Å². The number of H-pyrrole nitrogens is 1. The minimum atomic E-state index is -0.163. The third-order valence-corrected chi connectivity index (χ3v) is 3.82. The van der Waals surface area contributed by atoms with Crippen LogP contribution in [0.15, 0.2) is 36.5 Å². The molecule has 0 saturated carbocycles. The molecule has 1 aromatic carbocycles. The summed E-state index contributed by atoms with van der Waals surface area (Å²) in [6, 6.07) is 9.17. The summed E-state index contributed by atoms with van der Waals surface area (Å²) in [6.45, 7) is 1.93. The number of benzene rings is 1. The number of aromatic amines is 1. The zero-order valence-electron chi connectivity index (χ0n) is 10.8. The van der Waals surface area contributed by atoms with E-state index in [0.29, 0.717) is 16.5 Å². The Kier molecular flexibility index (Phi) is 3.08. The lowest BCUT2D eigenvalue weighted by Gasteiger charge is -2.00. The molecule has 100 valence electrons. The zero-order chi connectivity index (χ0) is 14.1. The number of carbonyl (C=O) groups excluding carboxylic acids is 1. The molecule has 6 heteroatoms. The summed E-state index contributed by atoms with van der Waals surface area (Å²) in [5.74, 6) is 0.533. The number of nitrogen functional groups attached to an aromatic ring is 1. The third kappa shape index (κ3) is 2.33. The van der Waals surface area contributed by atoms with Gasteiger partial charge in [-0.25, -0.2) is 20.1 Å². The number of nitrogens with one attached hydrogen (secondary N) is 2. The van der Waals surface area contributed by atoms with E-state index in [-0.39, 0.29) is 5.91 Å². The zero-order valence-corrected chi connectivity index (χ0v) is 11.6. The van der Waals surface area contributed by atoms with Crippen LogP contribution in [0.4, 0.5) is 10.9 Å². The summed E-state index contributed by atoms with van der Waals surface area (Å²) >= 11 is 1.37. The van der Waals surface area contributed by atoms with Gasteiger partial charge in [-0.1, -0.05) is 11.3 Å². The summed E-state index contributed by atoms with van der Waals surface area (Å²) in [5, 5.41) is 3.36. The lowest BCUT2D eigenvalue weighted by molar-refractivity contribution is -0.361. The molecule has 0 bridgehead atoms. The van der Waals surface area contributed by atoms with Crippen LogP contribution in [0.1, 0.15) is 15.9 Å². The second-order valence-corrected chi connectivity index (χ2v) is 5.48. The second kappa shape index (κ2) is 4.90. The van der Waals surface area contributed by atoms with Crippen LogP contribution in [0.25, 0.3) is 10.2 Å². The number of rotatable bonds is 2. The Balaban J connectivity index is 1.90. The van der Waals surface area contributed by atoms with Crippen molar-refractivity contribution in [2.45, 2.75) is 6.92 Å². The average Bonchev–Trinajstić information content (AvgIpc) is 2.80. The molecule has 2 heterocycles. The number of pyridine rings is 1.